The van der Waals surface area contributed by atoms with Crippen molar-refractivity contribution in [3.63, 3.8) is 0 Å². The van der Waals surface area contributed by atoms with Gasteiger partial charge in [-0.25, -0.2) is 21.6 Å². The van der Waals surface area contributed by atoms with E-state index in [4.69, 9.17) is 11.6 Å². The monoisotopic (exact) mass is 1450 g/mol. The number of hydrogen-bond acceptors (Lipinski definition) is 18. The minimum Gasteiger partial charge on any atom is -0.368 e. The average Bonchev–Trinajstić information content (AvgIpc) is 1.23. The normalized spacial score (nSPS) is 18.8. The highest BCUT2D eigenvalue weighted by Crippen LogP contribution is 2.35. The molecule has 1 unspecified atom stereocenters. The van der Waals surface area contributed by atoms with Crippen molar-refractivity contribution in [1.82, 2.24) is 78.4 Å². The van der Waals surface area contributed by atoms with Crippen LogP contribution < -0.4 is 29.2 Å². The number of benzene rings is 5. The number of halogens is 1. The van der Waals surface area contributed by atoms with E-state index >= 15 is 0 Å². The zero-order valence-electron chi connectivity index (χ0n) is 58.1. The van der Waals surface area contributed by atoms with E-state index in [2.05, 4.69) is 119 Å². The molecule has 0 spiro atoms. The van der Waals surface area contributed by atoms with Crippen molar-refractivity contribution in [3.8, 4) is 0 Å². The van der Waals surface area contributed by atoms with Gasteiger partial charge in [0.05, 0.1) is 76.6 Å². The molecule has 5 aromatic heterocycles. The third kappa shape index (κ3) is 16.2. The molecule has 10 aromatic rings. The van der Waals surface area contributed by atoms with Gasteiger partial charge in [0.25, 0.3) is 10.2 Å². The lowest BCUT2D eigenvalue weighted by Gasteiger charge is -2.47. The Kier molecular flexibility index (Phi) is 21.7. The Bertz CT molecular complexity index is 4870. The fourth-order valence-electron chi connectivity index (χ4n) is 14.3. The van der Waals surface area contributed by atoms with Gasteiger partial charge in [-0.05, 0) is 95.3 Å². The summed E-state index contributed by atoms with van der Waals surface area (Å²) in [6, 6.07) is 28.4. The molecule has 33 heteroatoms. The highest BCUT2D eigenvalue weighted by Gasteiger charge is 2.40. The van der Waals surface area contributed by atoms with E-state index in [1.54, 1.807) is 30.5 Å². The second-order valence-corrected chi connectivity index (χ2v) is 33.1. The van der Waals surface area contributed by atoms with Crippen LogP contribution in [0, 0.1) is 0 Å². The number of carbonyl (C=O) groups excluding carboxylic acids is 2. The number of nitrogens with one attached hydrogen (secondary N) is 6. The molecule has 5 saturated heterocycles. The number of H-pyrrole nitrogens is 5. The fourth-order valence-corrected chi connectivity index (χ4v) is 17.6. The Labute approximate surface area is 588 Å². The molecular weight excluding hydrogens is 1360 g/mol. The number of hydrogen-bond donors (Lipinski definition) is 6. The van der Waals surface area contributed by atoms with Crippen molar-refractivity contribution >= 4 is 137 Å². The van der Waals surface area contributed by atoms with Crippen molar-refractivity contribution in [2.75, 3.05) is 155 Å². The van der Waals surface area contributed by atoms with Crippen molar-refractivity contribution in [3.05, 3.63) is 121 Å². The number of anilines is 5. The van der Waals surface area contributed by atoms with Gasteiger partial charge < -0.3 is 34.3 Å². The predicted octanol–water partition coefficient (Wildman–Crippen LogP) is 6.50. The number of aromatic amines is 5. The van der Waals surface area contributed by atoms with Crippen LogP contribution in [0.2, 0.25) is 5.02 Å². The fraction of sp³-hybridized carbons (Fsp3) is 0.448. The Balaban J connectivity index is 0.000000126. The number of amides is 2. The van der Waals surface area contributed by atoms with Crippen LogP contribution in [-0.2, 0) is 39.8 Å². The topological polar surface area (TPSA) is 324 Å². The number of aromatic nitrogens is 10. The molecule has 5 aromatic carbocycles. The lowest BCUT2D eigenvalue weighted by atomic mass is 9.97. The van der Waals surface area contributed by atoms with Crippen LogP contribution in [0.1, 0.15) is 48.5 Å². The van der Waals surface area contributed by atoms with Gasteiger partial charge in [-0.1, -0.05) is 35.9 Å². The highest BCUT2D eigenvalue weighted by atomic mass is 35.5. The van der Waals surface area contributed by atoms with E-state index in [1.165, 1.54) is 39.5 Å². The van der Waals surface area contributed by atoms with E-state index < -0.39 is 35.8 Å². The summed E-state index contributed by atoms with van der Waals surface area (Å²) in [6.07, 6.45) is 11.7. The lowest BCUT2D eigenvalue weighted by Crippen LogP contribution is -2.60. The highest BCUT2D eigenvalue weighted by molar-refractivity contribution is 7.88. The molecule has 5 aliphatic heterocycles. The molecular formula is C67H90ClN21O8S3. The number of fused-ring (bicyclic) bond motifs is 5. The maximum Gasteiger partial charge on any atom is 0.279 e. The molecule has 536 valence electrons. The van der Waals surface area contributed by atoms with Crippen LogP contribution in [-0.4, -0.2) is 259 Å². The van der Waals surface area contributed by atoms with Crippen molar-refractivity contribution in [2.45, 2.75) is 65.6 Å². The second-order valence-electron chi connectivity index (χ2n) is 26.9. The predicted molar refractivity (Wildman–Crippen MR) is 396 cm³/mol. The molecule has 29 nitrogen and oxygen atoms in total. The summed E-state index contributed by atoms with van der Waals surface area (Å²) >= 11 is 6.12. The van der Waals surface area contributed by atoms with Crippen molar-refractivity contribution < 1.29 is 34.8 Å². The molecule has 2 amide bonds. The van der Waals surface area contributed by atoms with Crippen LogP contribution in [0.3, 0.4) is 0 Å². The summed E-state index contributed by atoms with van der Waals surface area (Å²) in [7, 11) is -8.17. The number of sulfonamides is 2. The minimum atomic E-state index is -3.32. The van der Waals surface area contributed by atoms with Gasteiger partial charge in [0.15, 0.2) is 0 Å². The van der Waals surface area contributed by atoms with Gasteiger partial charge in [0, 0.05) is 204 Å². The average molecular weight is 1450 g/mol. The van der Waals surface area contributed by atoms with Crippen molar-refractivity contribution in [2.24, 2.45) is 0 Å². The largest absolute Gasteiger partial charge is 0.368 e. The Morgan fingerprint density at radius 2 is 0.840 bits per heavy atom. The van der Waals surface area contributed by atoms with Gasteiger partial charge in [-0.15, -0.1) is 0 Å². The molecule has 5 fully saturated rings. The van der Waals surface area contributed by atoms with Gasteiger partial charge in [-0.2, -0.15) is 46.8 Å². The first kappa shape index (κ1) is 72.6. The Morgan fingerprint density at radius 3 is 1.24 bits per heavy atom. The first-order valence-electron chi connectivity index (χ1n) is 33.2. The molecule has 15 rings (SSSR count). The summed E-state index contributed by atoms with van der Waals surface area (Å²) in [5, 5.41) is 41.3. The third-order valence-corrected chi connectivity index (χ3v) is 23.7. The summed E-state index contributed by atoms with van der Waals surface area (Å²) < 4.78 is 77.3. The number of rotatable bonds is 9. The molecule has 6 N–H and O–H groups in total. The third-order valence-electron chi connectivity index (χ3n) is 19.1. The second kappa shape index (κ2) is 29.9. The molecule has 5 aliphatic rings. The first-order chi connectivity index (χ1) is 47.5. The van der Waals surface area contributed by atoms with Crippen LogP contribution in [0.5, 0.6) is 0 Å². The summed E-state index contributed by atoms with van der Waals surface area (Å²) in [4.78, 5) is 38.4. The molecule has 100 heavy (non-hydrogen) atoms. The van der Waals surface area contributed by atoms with Crippen LogP contribution in [0.25, 0.3) is 54.5 Å². The van der Waals surface area contributed by atoms with E-state index in [0.717, 1.165) is 111 Å². The minimum absolute atomic E-state index is 0.149. The number of nitrogens with zero attached hydrogens (tertiary/aromatic N) is 15. The van der Waals surface area contributed by atoms with Crippen LogP contribution in [0.15, 0.2) is 116 Å². The van der Waals surface area contributed by atoms with Crippen LogP contribution >= 0.6 is 11.6 Å². The van der Waals surface area contributed by atoms with Gasteiger partial charge in [-0.3, -0.25) is 35.1 Å². The van der Waals surface area contributed by atoms with E-state index in [9.17, 15) is 34.8 Å². The number of piperazine rings is 5. The van der Waals surface area contributed by atoms with Gasteiger partial charge in [0.2, 0.25) is 31.9 Å². The van der Waals surface area contributed by atoms with Crippen LogP contribution in [0.4, 0.5) is 28.4 Å². The smallest absolute Gasteiger partial charge is 0.279 e. The van der Waals surface area contributed by atoms with E-state index in [0.29, 0.717) is 77.0 Å². The van der Waals surface area contributed by atoms with Gasteiger partial charge in [0.1, 0.15) is 0 Å². The molecule has 0 radical (unpaired) electrons. The molecule has 0 saturated carbocycles. The maximum atomic E-state index is 11.9. The first-order valence-corrected chi connectivity index (χ1v) is 38.8. The van der Waals surface area contributed by atoms with E-state index in [-0.39, 0.29) is 23.4 Å². The summed E-state index contributed by atoms with van der Waals surface area (Å²) in [5.74, 6) is 0.310. The zero-order chi connectivity index (χ0) is 71.5. The number of carbonyl (C=O) groups is 2. The van der Waals surface area contributed by atoms with E-state index in [1.807, 2.05) is 109 Å². The molecule has 0 bridgehead atoms. The zero-order valence-corrected chi connectivity index (χ0v) is 61.4. The summed E-state index contributed by atoms with van der Waals surface area (Å²) in [5.41, 5.74) is 9.96. The quantitative estimate of drug-likeness (QED) is 0.0898. The standard InChI is InChI=1S/C15H20N4O.C14H20N4O2S.C14H18N4O.C12H15ClN4O2S.C12H17N5O2S/c1-11(20)19-8-7-18(10-15(19,2)3)14-6-4-5-13-12(14)9-16-17-13;1-14(2)10-17(7-8-18(14)21(3,19)20)13-6-4-5-12-11(13)9-15-16-12;1-10-9-17(6-7-18(10)11(2)19)14-5-3-4-13-12(14)8-15-16-13;1-20(18,19)17-4-2-16(3-5-17)12-7-9(13)6-11-10(12)8-14-15-11;1-13-20(18,19)17-7-5-16(6-8-17)12-4-2-3-11-10(12)9-14-15-11/h4-6,9H,7-8,10H2,1-3H3,(H,16,17);4-6,9H,7-8,10H2,1-3H3,(H,15,16);3-5,8,10H,6-7,9H2,1-2H3,(H,15,16);6-8H,2-5H2,1H3,(H,14,15);2-4,9,13H,5-8H2,1H3,(H,14,15). The SMILES string of the molecule is CC(=O)N1CCN(c2cccc3[nH]ncc23)CC1(C)C.CC(=O)N1CCN(c2cccc3[nH]ncc23)CC1C.CC1(C)CN(c2cccc3[nH]ncc23)CCN1S(C)(=O)=O.CNS(=O)(=O)N1CCN(c2cccc3[nH]ncc23)CC1.CS(=O)(=O)N1CCN(c2cc(Cl)cc3[nH]ncc23)CC1. The molecule has 10 heterocycles. The summed E-state index contributed by atoms with van der Waals surface area (Å²) in [6.45, 7) is 25.0. The Hall–Kier alpha value is -8.63. The molecule has 0 aliphatic carbocycles. The maximum absolute atomic E-state index is 11.9. The molecule has 1 atom stereocenters. The Morgan fingerprint density at radius 1 is 0.460 bits per heavy atom. The van der Waals surface area contributed by atoms with Crippen molar-refractivity contribution in [1.29, 1.82) is 0 Å². The lowest BCUT2D eigenvalue weighted by molar-refractivity contribution is -0.134. The van der Waals surface area contributed by atoms with Gasteiger partial charge >= 0.3 is 0 Å².